The Morgan fingerprint density at radius 2 is 2.25 bits per heavy atom. The highest BCUT2D eigenvalue weighted by atomic mass is 16.6. The van der Waals surface area contributed by atoms with Gasteiger partial charge in [0, 0.05) is 12.6 Å². The summed E-state index contributed by atoms with van der Waals surface area (Å²) in [5, 5.41) is 10.8. The molecule has 1 aromatic carbocycles. The largest absolute Gasteiger partial charge is 0.478 e. The van der Waals surface area contributed by atoms with Gasteiger partial charge in [0.2, 0.25) is 0 Å². The van der Waals surface area contributed by atoms with Crippen LogP contribution >= 0.6 is 0 Å². The molecular formula is C13H17N3O4. The van der Waals surface area contributed by atoms with Crippen LogP contribution in [0.3, 0.4) is 0 Å². The molecule has 7 heteroatoms. The van der Waals surface area contributed by atoms with E-state index in [1.54, 1.807) is 11.0 Å². The number of nitrogens with zero attached hydrogens (tertiary/aromatic N) is 2. The van der Waals surface area contributed by atoms with Gasteiger partial charge in [-0.1, -0.05) is 6.92 Å². The summed E-state index contributed by atoms with van der Waals surface area (Å²) < 4.78 is 5.57. The van der Waals surface area contributed by atoms with Gasteiger partial charge in [-0.2, -0.15) is 0 Å². The van der Waals surface area contributed by atoms with Gasteiger partial charge in [-0.3, -0.25) is 14.9 Å². The van der Waals surface area contributed by atoms with Crippen molar-refractivity contribution in [3.63, 3.8) is 0 Å². The Kier molecular flexibility index (Phi) is 4.19. The molecule has 0 fully saturated rings. The van der Waals surface area contributed by atoms with Gasteiger partial charge in [-0.05, 0) is 25.5 Å². The molecule has 1 heterocycles. The van der Waals surface area contributed by atoms with E-state index >= 15 is 0 Å². The molecule has 0 bridgehead atoms. The molecule has 0 aromatic heterocycles. The predicted molar refractivity (Wildman–Crippen MR) is 73.8 cm³/mol. The maximum absolute atomic E-state index is 12.3. The fraction of sp³-hybridized carbons (Fsp3) is 0.462. The Labute approximate surface area is 116 Å². The number of carbonyl (C=O) groups is 1. The summed E-state index contributed by atoms with van der Waals surface area (Å²) in [5.74, 6) is 0.255. The quantitative estimate of drug-likeness (QED) is 0.649. The lowest BCUT2D eigenvalue weighted by Gasteiger charge is -2.33. The lowest BCUT2D eigenvalue weighted by Crippen LogP contribution is -2.46. The maximum Gasteiger partial charge on any atom is 0.273 e. The van der Waals surface area contributed by atoms with Gasteiger partial charge in [0.15, 0.2) is 11.9 Å². The summed E-state index contributed by atoms with van der Waals surface area (Å²) in [4.78, 5) is 24.2. The molecule has 0 radical (unpaired) electrons. The van der Waals surface area contributed by atoms with E-state index in [1.807, 2.05) is 6.92 Å². The highest BCUT2D eigenvalue weighted by molar-refractivity contribution is 6.00. The first-order chi connectivity index (χ1) is 9.58. The van der Waals surface area contributed by atoms with E-state index in [9.17, 15) is 14.9 Å². The second kappa shape index (κ2) is 5.87. The van der Waals surface area contributed by atoms with Gasteiger partial charge in [0.05, 0.1) is 16.7 Å². The predicted octanol–water partition coefficient (Wildman–Crippen LogP) is 1.45. The number of nitro groups is 1. The van der Waals surface area contributed by atoms with Crippen molar-refractivity contribution >= 4 is 17.3 Å². The van der Waals surface area contributed by atoms with Gasteiger partial charge >= 0.3 is 0 Å². The Balaban J connectivity index is 2.39. The Hall–Kier alpha value is -2.15. The molecule has 0 saturated carbocycles. The third-order valence-corrected chi connectivity index (χ3v) is 3.21. The second-order valence-corrected chi connectivity index (χ2v) is 4.56. The monoisotopic (exact) mass is 279 g/mol. The van der Waals surface area contributed by atoms with Gasteiger partial charge in [0.25, 0.3) is 11.6 Å². The van der Waals surface area contributed by atoms with Crippen molar-refractivity contribution < 1.29 is 14.5 Å². The van der Waals surface area contributed by atoms with E-state index in [0.717, 1.165) is 0 Å². The number of rotatable bonds is 5. The molecule has 1 aromatic rings. The van der Waals surface area contributed by atoms with Crippen molar-refractivity contribution in [3.8, 4) is 5.75 Å². The zero-order valence-corrected chi connectivity index (χ0v) is 11.2. The van der Waals surface area contributed by atoms with Crippen LogP contribution in [0.5, 0.6) is 5.75 Å². The number of nitrogens with two attached hydrogens (primary N) is 1. The average Bonchev–Trinajstić information content (AvgIpc) is 2.45. The zero-order chi connectivity index (χ0) is 14.7. The van der Waals surface area contributed by atoms with E-state index in [2.05, 4.69) is 0 Å². The second-order valence-electron chi connectivity index (χ2n) is 4.56. The van der Waals surface area contributed by atoms with Gasteiger partial charge in [-0.15, -0.1) is 0 Å². The lowest BCUT2D eigenvalue weighted by atomic mass is 10.1. The summed E-state index contributed by atoms with van der Waals surface area (Å²) >= 11 is 0. The fourth-order valence-electron chi connectivity index (χ4n) is 2.17. The standard InChI is InChI=1S/C13H17N3O4/c1-2-11-13(17)15(7-3-6-14)10-5-4-9(16(18)19)8-12(10)20-11/h4-5,8,11H,2-3,6-7,14H2,1H3. The summed E-state index contributed by atoms with van der Waals surface area (Å²) in [6.45, 7) is 2.80. The third kappa shape index (κ3) is 2.57. The molecule has 1 aliphatic heterocycles. The first-order valence-corrected chi connectivity index (χ1v) is 6.55. The van der Waals surface area contributed by atoms with Crippen LogP contribution in [0.25, 0.3) is 0 Å². The normalized spacial score (nSPS) is 17.6. The SMILES string of the molecule is CCC1Oc2cc([N+](=O)[O-])ccc2N(CCCN)C1=O. The van der Waals surface area contributed by atoms with Crippen molar-refractivity contribution in [1.82, 2.24) is 0 Å². The van der Waals surface area contributed by atoms with Crippen LogP contribution in [0, 0.1) is 10.1 Å². The van der Waals surface area contributed by atoms with E-state index < -0.39 is 11.0 Å². The molecule has 1 unspecified atom stereocenters. The lowest BCUT2D eigenvalue weighted by molar-refractivity contribution is -0.384. The topological polar surface area (TPSA) is 98.7 Å². The van der Waals surface area contributed by atoms with Crippen LogP contribution in [0.4, 0.5) is 11.4 Å². The number of hydrogen-bond donors (Lipinski definition) is 1. The van der Waals surface area contributed by atoms with Crippen LogP contribution in [0.15, 0.2) is 18.2 Å². The molecule has 2 N–H and O–H groups in total. The van der Waals surface area contributed by atoms with Crippen molar-refractivity contribution in [1.29, 1.82) is 0 Å². The highest BCUT2D eigenvalue weighted by Crippen LogP contribution is 2.37. The number of anilines is 1. The molecular weight excluding hydrogens is 262 g/mol. The summed E-state index contributed by atoms with van der Waals surface area (Å²) in [7, 11) is 0. The summed E-state index contributed by atoms with van der Waals surface area (Å²) in [5.41, 5.74) is 6.00. The first kappa shape index (κ1) is 14.3. The molecule has 7 nitrogen and oxygen atoms in total. The summed E-state index contributed by atoms with van der Waals surface area (Å²) in [6, 6.07) is 4.28. The minimum Gasteiger partial charge on any atom is -0.478 e. The maximum atomic E-state index is 12.3. The molecule has 1 amide bonds. The van der Waals surface area contributed by atoms with Gasteiger partial charge < -0.3 is 15.4 Å². The number of carbonyl (C=O) groups excluding carboxylic acids is 1. The van der Waals surface area contributed by atoms with Gasteiger partial charge in [0.1, 0.15) is 0 Å². The van der Waals surface area contributed by atoms with Crippen molar-refractivity contribution in [3.05, 3.63) is 28.3 Å². The van der Waals surface area contributed by atoms with E-state index in [1.165, 1.54) is 12.1 Å². The molecule has 1 atom stereocenters. The van der Waals surface area contributed by atoms with Crippen LogP contribution in [0.1, 0.15) is 19.8 Å². The molecule has 2 rings (SSSR count). The fourth-order valence-corrected chi connectivity index (χ4v) is 2.17. The molecule has 0 saturated heterocycles. The first-order valence-electron chi connectivity index (χ1n) is 6.55. The molecule has 1 aliphatic rings. The van der Waals surface area contributed by atoms with E-state index in [0.29, 0.717) is 37.4 Å². The smallest absolute Gasteiger partial charge is 0.273 e. The van der Waals surface area contributed by atoms with Gasteiger partial charge in [-0.25, -0.2) is 0 Å². The van der Waals surface area contributed by atoms with Crippen LogP contribution < -0.4 is 15.4 Å². The highest BCUT2D eigenvalue weighted by Gasteiger charge is 2.33. The molecule has 108 valence electrons. The molecule has 0 aliphatic carbocycles. The number of ether oxygens (including phenoxy) is 1. The Morgan fingerprint density at radius 1 is 1.50 bits per heavy atom. The number of hydrogen-bond acceptors (Lipinski definition) is 5. The molecule has 20 heavy (non-hydrogen) atoms. The number of benzene rings is 1. The number of fused-ring (bicyclic) bond motifs is 1. The average molecular weight is 279 g/mol. The van der Waals surface area contributed by atoms with E-state index in [-0.39, 0.29) is 11.6 Å². The third-order valence-electron chi connectivity index (χ3n) is 3.21. The Bertz CT molecular complexity index is 532. The van der Waals surface area contributed by atoms with E-state index in [4.69, 9.17) is 10.5 Å². The van der Waals surface area contributed by atoms with Crippen molar-refractivity contribution in [2.75, 3.05) is 18.0 Å². The van der Waals surface area contributed by atoms with Crippen molar-refractivity contribution in [2.45, 2.75) is 25.9 Å². The van der Waals surface area contributed by atoms with Crippen LogP contribution in [-0.4, -0.2) is 30.0 Å². The summed E-state index contributed by atoms with van der Waals surface area (Å²) in [6.07, 6.45) is 0.584. The van der Waals surface area contributed by atoms with Crippen molar-refractivity contribution in [2.24, 2.45) is 5.73 Å². The number of nitro benzene ring substituents is 1. The number of amides is 1. The van der Waals surface area contributed by atoms with Crippen LogP contribution in [-0.2, 0) is 4.79 Å². The molecule has 0 spiro atoms. The number of non-ortho nitro benzene ring substituents is 1. The van der Waals surface area contributed by atoms with Crippen LogP contribution in [0.2, 0.25) is 0 Å². The Morgan fingerprint density at radius 3 is 2.85 bits per heavy atom. The zero-order valence-electron chi connectivity index (χ0n) is 11.2. The minimum atomic E-state index is -0.595. The minimum absolute atomic E-state index is 0.0493.